The molecule has 1 aromatic carbocycles. The zero-order chi connectivity index (χ0) is 14.3. The van der Waals surface area contributed by atoms with Crippen LogP contribution in [0.15, 0.2) is 32.3 Å². The molecule has 1 aliphatic heterocycles. The van der Waals surface area contributed by atoms with Gasteiger partial charge in [0.1, 0.15) is 0 Å². The van der Waals surface area contributed by atoms with Crippen molar-refractivity contribution >= 4 is 27.0 Å². The first-order chi connectivity index (χ1) is 9.59. The molecule has 1 N–H and O–H groups in total. The maximum atomic E-state index is 12.4. The first kappa shape index (κ1) is 13.6. The zero-order valence-electron chi connectivity index (χ0n) is 11.2. The minimum absolute atomic E-state index is 0.0984. The molecule has 2 heterocycles. The normalized spacial score (nSPS) is 16.7. The van der Waals surface area contributed by atoms with Crippen molar-refractivity contribution in [2.24, 2.45) is 7.05 Å². The second kappa shape index (κ2) is 5.18. The maximum Gasteiger partial charge on any atom is 0.317 e. The SMILES string of the molecule is Cn1c(=O)c(=O)n(C2CCNCC2)c2ccc(Br)cc21. The summed E-state index contributed by atoms with van der Waals surface area (Å²) >= 11 is 3.42. The molecule has 0 bridgehead atoms. The van der Waals surface area contributed by atoms with Crippen LogP contribution in [0, 0.1) is 0 Å². The molecule has 5 nitrogen and oxygen atoms in total. The highest BCUT2D eigenvalue weighted by Crippen LogP contribution is 2.23. The molecule has 1 fully saturated rings. The Balaban J connectivity index is 2.35. The molecule has 0 spiro atoms. The van der Waals surface area contributed by atoms with Crippen LogP contribution < -0.4 is 16.4 Å². The van der Waals surface area contributed by atoms with Gasteiger partial charge in [0.05, 0.1) is 11.0 Å². The van der Waals surface area contributed by atoms with Crippen LogP contribution in [0.4, 0.5) is 0 Å². The number of fused-ring (bicyclic) bond motifs is 1. The lowest BCUT2D eigenvalue weighted by atomic mass is 10.1. The first-order valence-corrected chi connectivity index (χ1v) is 7.50. The predicted molar refractivity (Wildman–Crippen MR) is 82.3 cm³/mol. The quantitative estimate of drug-likeness (QED) is 0.800. The molecule has 1 aromatic heterocycles. The number of rotatable bonds is 1. The van der Waals surface area contributed by atoms with Gasteiger partial charge in [-0.15, -0.1) is 0 Å². The Kier molecular flexibility index (Phi) is 3.52. The van der Waals surface area contributed by atoms with Gasteiger partial charge in [0.25, 0.3) is 0 Å². The number of halogens is 1. The van der Waals surface area contributed by atoms with Gasteiger partial charge in [0, 0.05) is 17.6 Å². The van der Waals surface area contributed by atoms with Crippen LogP contribution in [0.25, 0.3) is 11.0 Å². The molecule has 20 heavy (non-hydrogen) atoms. The van der Waals surface area contributed by atoms with Crippen molar-refractivity contribution in [1.82, 2.24) is 14.5 Å². The topological polar surface area (TPSA) is 56.0 Å². The molecule has 0 saturated carbocycles. The average molecular weight is 338 g/mol. The Morgan fingerprint density at radius 1 is 1.15 bits per heavy atom. The van der Waals surface area contributed by atoms with Gasteiger partial charge < -0.3 is 9.88 Å². The highest BCUT2D eigenvalue weighted by Gasteiger charge is 2.20. The summed E-state index contributed by atoms with van der Waals surface area (Å²) in [5.41, 5.74) is 0.720. The Labute approximate surface area is 124 Å². The Bertz CT molecular complexity index is 772. The van der Waals surface area contributed by atoms with Gasteiger partial charge in [-0.3, -0.25) is 14.2 Å². The molecule has 0 aliphatic carbocycles. The number of hydrogen-bond acceptors (Lipinski definition) is 3. The van der Waals surface area contributed by atoms with Crippen molar-refractivity contribution in [3.63, 3.8) is 0 Å². The monoisotopic (exact) mass is 337 g/mol. The third kappa shape index (κ3) is 2.13. The number of benzene rings is 1. The van der Waals surface area contributed by atoms with Crippen LogP contribution >= 0.6 is 15.9 Å². The smallest absolute Gasteiger partial charge is 0.317 e. The summed E-state index contributed by atoms with van der Waals surface area (Å²) in [6.45, 7) is 1.76. The van der Waals surface area contributed by atoms with E-state index in [0.717, 1.165) is 41.4 Å². The molecule has 106 valence electrons. The molecule has 0 atom stereocenters. The van der Waals surface area contributed by atoms with Crippen molar-refractivity contribution in [2.45, 2.75) is 18.9 Å². The lowest BCUT2D eigenvalue weighted by Gasteiger charge is -2.26. The molecular formula is C14H16BrN3O2. The molecule has 1 saturated heterocycles. The van der Waals surface area contributed by atoms with E-state index < -0.39 is 11.1 Å². The molecule has 6 heteroatoms. The Morgan fingerprint density at radius 2 is 1.85 bits per heavy atom. The highest BCUT2D eigenvalue weighted by atomic mass is 79.9. The number of nitrogens with zero attached hydrogens (tertiary/aromatic N) is 2. The van der Waals surface area contributed by atoms with Crippen LogP contribution in [0.2, 0.25) is 0 Å². The first-order valence-electron chi connectivity index (χ1n) is 6.71. The third-order valence-electron chi connectivity index (χ3n) is 3.94. The number of hydrogen-bond donors (Lipinski definition) is 1. The highest BCUT2D eigenvalue weighted by molar-refractivity contribution is 9.10. The van der Waals surface area contributed by atoms with E-state index in [4.69, 9.17) is 0 Å². The van der Waals surface area contributed by atoms with E-state index in [-0.39, 0.29) is 6.04 Å². The Morgan fingerprint density at radius 3 is 2.55 bits per heavy atom. The molecule has 3 rings (SSSR count). The second-order valence-corrected chi connectivity index (χ2v) is 6.07. The van der Waals surface area contributed by atoms with E-state index in [9.17, 15) is 9.59 Å². The van der Waals surface area contributed by atoms with Crippen LogP contribution in [0.1, 0.15) is 18.9 Å². The van der Waals surface area contributed by atoms with Crippen LogP contribution in [0.5, 0.6) is 0 Å². The minimum Gasteiger partial charge on any atom is -0.317 e. The molecule has 0 amide bonds. The minimum atomic E-state index is -0.464. The molecule has 2 aromatic rings. The summed E-state index contributed by atoms with van der Waals surface area (Å²) < 4.78 is 4.01. The summed E-state index contributed by atoms with van der Waals surface area (Å²) in [6, 6.07) is 5.79. The van der Waals surface area contributed by atoms with Gasteiger partial charge in [-0.05, 0) is 44.1 Å². The van der Waals surface area contributed by atoms with Crippen LogP contribution in [-0.2, 0) is 7.05 Å². The third-order valence-corrected chi connectivity index (χ3v) is 4.43. The second-order valence-electron chi connectivity index (χ2n) is 5.15. The fourth-order valence-corrected chi connectivity index (χ4v) is 3.21. The van der Waals surface area contributed by atoms with E-state index in [1.54, 1.807) is 11.6 Å². The maximum absolute atomic E-state index is 12.4. The van der Waals surface area contributed by atoms with Crippen molar-refractivity contribution in [2.75, 3.05) is 13.1 Å². The van der Waals surface area contributed by atoms with Crippen molar-refractivity contribution < 1.29 is 0 Å². The average Bonchev–Trinajstić information content (AvgIpc) is 2.47. The Hall–Kier alpha value is -1.40. The predicted octanol–water partition coefficient (Wildman–Crippen LogP) is 1.39. The fraction of sp³-hybridized carbons (Fsp3) is 0.429. The van der Waals surface area contributed by atoms with Gasteiger partial charge >= 0.3 is 11.1 Å². The summed E-state index contributed by atoms with van der Waals surface area (Å²) in [5, 5.41) is 3.28. The summed E-state index contributed by atoms with van der Waals surface area (Å²) in [7, 11) is 1.64. The van der Waals surface area contributed by atoms with Crippen LogP contribution in [-0.4, -0.2) is 22.2 Å². The standard InChI is InChI=1S/C14H16BrN3O2/c1-17-12-8-9(15)2-3-11(12)18(14(20)13(17)19)10-4-6-16-7-5-10/h2-3,8,10,16H,4-7H2,1H3. The number of piperidine rings is 1. The van der Waals surface area contributed by atoms with Crippen molar-refractivity contribution in [3.05, 3.63) is 43.4 Å². The van der Waals surface area contributed by atoms with Gasteiger partial charge in [-0.25, -0.2) is 0 Å². The number of aromatic nitrogens is 2. The molecule has 0 radical (unpaired) electrons. The fourth-order valence-electron chi connectivity index (χ4n) is 2.86. The number of aryl methyl sites for hydroxylation is 1. The largest absolute Gasteiger partial charge is 0.317 e. The van der Waals surface area contributed by atoms with E-state index in [1.807, 2.05) is 18.2 Å². The van der Waals surface area contributed by atoms with E-state index in [2.05, 4.69) is 21.2 Å². The lowest BCUT2D eigenvalue weighted by Crippen LogP contribution is -2.44. The van der Waals surface area contributed by atoms with Crippen LogP contribution in [0.3, 0.4) is 0 Å². The van der Waals surface area contributed by atoms with Crippen molar-refractivity contribution in [3.8, 4) is 0 Å². The molecular weight excluding hydrogens is 322 g/mol. The van der Waals surface area contributed by atoms with Gasteiger partial charge in [-0.1, -0.05) is 15.9 Å². The summed E-state index contributed by atoms with van der Waals surface area (Å²) in [6.07, 6.45) is 1.75. The van der Waals surface area contributed by atoms with Crippen molar-refractivity contribution in [1.29, 1.82) is 0 Å². The van der Waals surface area contributed by atoms with Gasteiger partial charge in [0.15, 0.2) is 0 Å². The molecule has 0 unspecified atom stereocenters. The number of nitrogens with one attached hydrogen (secondary N) is 1. The molecule has 1 aliphatic rings. The van der Waals surface area contributed by atoms with E-state index >= 15 is 0 Å². The van der Waals surface area contributed by atoms with E-state index in [1.165, 1.54) is 4.57 Å². The summed E-state index contributed by atoms with van der Waals surface area (Å²) in [5.74, 6) is 0. The lowest BCUT2D eigenvalue weighted by molar-refractivity contribution is 0.366. The zero-order valence-corrected chi connectivity index (χ0v) is 12.8. The van der Waals surface area contributed by atoms with Gasteiger partial charge in [0.2, 0.25) is 0 Å². The van der Waals surface area contributed by atoms with E-state index in [0.29, 0.717) is 0 Å². The van der Waals surface area contributed by atoms with Gasteiger partial charge in [-0.2, -0.15) is 0 Å². The summed E-state index contributed by atoms with van der Waals surface area (Å²) in [4.78, 5) is 24.5.